The van der Waals surface area contributed by atoms with Gasteiger partial charge in [-0.25, -0.2) is 9.97 Å². The first-order valence-electron chi connectivity index (χ1n) is 8.98. The van der Waals surface area contributed by atoms with E-state index < -0.39 is 0 Å². The van der Waals surface area contributed by atoms with Crippen molar-refractivity contribution in [3.63, 3.8) is 0 Å². The van der Waals surface area contributed by atoms with E-state index in [4.69, 9.17) is 11.5 Å². The summed E-state index contributed by atoms with van der Waals surface area (Å²) in [6.07, 6.45) is 5.39. The molecule has 6 nitrogen and oxygen atoms in total. The van der Waals surface area contributed by atoms with Gasteiger partial charge in [-0.05, 0) is 48.0 Å². The number of anilines is 2. The number of nitrogen functional groups attached to an aromatic ring is 2. The summed E-state index contributed by atoms with van der Waals surface area (Å²) in [7, 11) is 0. The maximum Gasteiger partial charge on any atom is 0.123 e. The molecule has 4 aromatic heterocycles. The summed E-state index contributed by atoms with van der Waals surface area (Å²) in [5.74, 6) is 0.527. The summed E-state index contributed by atoms with van der Waals surface area (Å²) >= 11 is 0. The minimum absolute atomic E-state index is 0.154. The number of nitrogens with two attached hydrogens (primary N) is 2. The van der Waals surface area contributed by atoms with Gasteiger partial charge in [0.25, 0.3) is 0 Å². The Balaban J connectivity index is 1.96. The largest absolute Gasteiger partial charge is 0.384 e. The lowest BCUT2D eigenvalue weighted by molar-refractivity contribution is 0.641. The van der Waals surface area contributed by atoms with E-state index >= 15 is 0 Å². The molecular formula is C22H20N6. The summed E-state index contributed by atoms with van der Waals surface area (Å²) in [5, 5.41) is 0. The van der Waals surface area contributed by atoms with Gasteiger partial charge in [0.05, 0.1) is 17.3 Å². The molecule has 0 aliphatic rings. The van der Waals surface area contributed by atoms with Crippen molar-refractivity contribution < 1.29 is 0 Å². The van der Waals surface area contributed by atoms with E-state index in [9.17, 15) is 0 Å². The van der Waals surface area contributed by atoms with Crippen LogP contribution < -0.4 is 11.5 Å². The van der Waals surface area contributed by atoms with Crippen LogP contribution >= 0.6 is 0 Å². The molecule has 28 heavy (non-hydrogen) atoms. The average molecular weight is 368 g/mol. The Morgan fingerprint density at radius 1 is 0.607 bits per heavy atom. The average Bonchev–Trinajstić information content (AvgIpc) is 2.73. The molecule has 0 aromatic carbocycles. The molecule has 1 unspecified atom stereocenters. The van der Waals surface area contributed by atoms with Gasteiger partial charge in [0.2, 0.25) is 0 Å². The normalized spacial score (nSPS) is 12.0. The summed E-state index contributed by atoms with van der Waals surface area (Å²) in [5.41, 5.74) is 15.5. The molecule has 0 radical (unpaired) electrons. The highest BCUT2D eigenvalue weighted by Crippen LogP contribution is 2.40. The van der Waals surface area contributed by atoms with Crippen LogP contribution in [0.2, 0.25) is 0 Å². The second-order valence-corrected chi connectivity index (χ2v) is 6.47. The molecule has 4 N–H and O–H groups in total. The van der Waals surface area contributed by atoms with Crippen molar-refractivity contribution in [1.82, 2.24) is 19.9 Å². The second kappa shape index (κ2) is 7.84. The molecular weight excluding hydrogens is 348 g/mol. The lowest BCUT2D eigenvalue weighted by Gasteiger charge is -2.27. The van der Waals surface area contributed by atoms with E-state index in [1.165, 1.54) is 0 Å². The van der Waals surface area contributed by atoms with Crippen LogP contribution in [0.25, 0.3) is 0 Å². The Morgan fingerprint density at radius 3 is 1.82 bits per heavy atom. The van der Waals surface area contributed by atoms with Gasteiger partial charge in [-0.15, -0.1) is 0 Å². The third kappa shape index (κ3) is 3.66. The lowest BCUT2D eigenvalue weighted by atomic mass is 9.79. The molecule has 4 rings (SSSR count). The monoisotopic (exact) mass is 368 g/mol. The fourth-order valence-electron chi connectivity index (χ4n) is 3.43. The second-order valence-electron chi connectivity index (χ2n) is 6.47. The van der Waals surface area contributed by atoms with Crippen LogP contribution in [0.15, 0.2) is 85.3 Å². The summed E-state index contributed by atoms with van der Waals surface area (Å²) in [6, 6.07) is 21.1. The minimum atomic E-state index is -0.230. The fourth-order valence-corrected chi connectivity index (χ4v) is 3.43. The number of rotatable bonds is 5. The number of hydrogen-bond donors (Lipinski definition) is 2. The molecule has 1 atom stereocenters. The van der Waals surface area contributed by atoms with Gasteiger partial charge in [-0.2, -0.15) is 0 Å². The molecule has 4 heterocycles. The minimum Gasteiger partial charge on any atom is -0.384 e. The molecule has 0 fully saturated rings. The lowest BCUT2D eigenvalue weighted by Crippen LogP contribution is -2.19. The number of nitrogens with zero attached hydrogens (tertiary/aromatic N) is 4. The third-order valence-corrected chi connectivity index (χ3v) is 4.60. The summed E-state index contributed by atoms with van der Waals surface area (Å²) in [6.45, 7) is 0. The first-order valence-corrected chi connectivity index (χ1v) is 8.98. The Kier molecular flexibility index (Phi) is 4.93. The Labute approximate surface area is 163 Å². The van der Waals surface area contributed by atoms with Crippen LogP contribution in [-0.2, 0) is 0 Å². The first kappa shape index (κ1) is 17.6. The van der Waals surface area contributed by atoms with E-state index in [2.05, 4.69) is 19.9 Å². The maximum atomic E-state index is 6.00. The van der Waals surface area contributed by atoms with E-state index in [1.54, 1.807) is 24.5 Å². The standard InChI is InChI=1S/C22H20N6/c23-19-10-3-8-17(27-19)22(18-9-4-11-20(24)28-18)21(15-6-5-12-25-14-15)16-7-1-2-13-26-16/h1-14,21-22H,(H2,23,27)(H2,24,28). The predicted molar refractivity (Wildman–Crippen MR) is 109 cm³/mol. The predicted octanol–water partition coefficient (Wildman–Crippen LogP) is 3.40. The molecule has 0 saturated carbocycles. The number of hydrogen-bond acceptors (Lipinski definition) is 6. The van der Waals surface area contributed by atoms with Gasteiger partial charge >= 0.3 is 0 Å². The van der Waals surface area contributed by atoms with Gasteiger partial charge in [-0.1, -0.05) is 24.3 Å². The molecule has 6 heteroatoms. The van der Waals surface area contributed by atoms with Crippen molar-refractivity contribution in [2.24, 2.45) is 0 Å². The van der Waals surface area contributed by atoms with Crippen LogP contribution in [0.4, 0.5) is 11.6 Å². The van der Waals surface area contributed by atoms with Crippen molar-refractivity contribution in [3.8, 4) is 0 Å². The maximum absolute atomic E-state index is 6.00. The van der Waals surface area contributed by atoms with E-state index in [-0.39, 0.29) is 11.8 Å². The van der Waals surface area contributed by atoms with E-state index in [0.717, 1.165) is 22.6 Å². The fraction of sp³-hybridized carbons (Fsp3) is 0.0909. The SMILES string of the molecule is Nc1cccc(C(c2cccc(N)n2)C(c2cccnc2)c2ccccn2)n1. The van der Waals surface area contributed by atoms with Crippen LogP contribution in [-0.4, -0.2) is 19.9 Å². The number of pyridine rings is 4. The van der Waals surface area contributed by atoms with Crippen molar-refractivity contribution >= 4 is 11.6 Å². The highest BCUT2D eigenvalue weighted by Gasteiger charge is 2.31. The quantitative estimate of drug-likeness (QED) is 0.559. The van der Waals surface area contributed by atoms with Crippen molar-refractivity contribution in [2.75, 3.05) is 11.5 Å². The van der Waals surface area contributed by atoms with Gasteiger partial charge < -0.3 is 11.5 Å². The highest BCUT2D eigenvalue weighted by atomic mass is 14.9. The topological polar surface area (TPSA) is 104 Å². The van der Waals surface area contributed by atoms with E-state index in [0.29, 0.717) is 11.6 Å². The molecule has 0 aliphatic heterocycles. The zero-order valence-corrected chi connectivity index (χ0v) is 15.2. The number of aromatic nitrogens is 4. The van der Waals surface area contributed by atoms with Crippen LogP contribution in [0.5, 0.6) is 0 Å². The molecule has 0 bridgehead atoms. The molecule has 0 saturated heterocycles. The van der Waals surface area contributed by atoms with Crippen molar-refractivity contribution in [3.05, 3.63) is 108 Å². The zero-order valence-electron chi connectivity index (χ0n) is 15.2. The van der Waals surface area contributed by atoms with Crippen molar-refractivity contribution in [1.29, 1.82) is 0 Å². The third-order valence-electron chi connectivity index (χ3n) is 4.60. The highest BCUT2D eigenvalue weighted by molar-refractivity contribution is 5.42. The van der Waals surface area contributed by atoms with Crippen LogP contribution in [0, 0.1) is 0 Å². The smallest absolute Gasteiger partial charge is 0.123 e. The molecule has 0 aliphatic carbocycles. The Morgan fingerprint density at radius 2 is 1.29 bits per heavy atom. The van der Waals surface area contributed by atoms with Gasteiger partial charge in [-0.3, -0.25) is 9.97 Å². The van der Waals surface area contributed by atoms with Gasteiger partial charge in [0, 0.05) is 30.2 Å². The molecule has 4 aromatic rings. The van der Waals surface area contributed by atoms with Gasteiger partial charge in [0.15, 0.2) is 0 Å². The van der Waals surface area contributed by atoms with Gasteiger partial charge in [0.1, 0.15) is 11.6 Å². The zero-order chi connectivity index (χ0) is 19.3. The molecule has 0 spiro atoms. The summed E-state index contributed by atoms with van der Waals surface area (Å²) < 4.78 is 0. The molecule has 138 valence electrons. The Hall–Kier alpha value is -3.80. The summed E-state index contributed by atoms with van der Waals surface area (Å²) in [4.78, 5) is 18.1. The molecule has 0 amide bonds. The Bertz CT molecular complexity index is 968. The van der Waals surface area contributed by atoms with E-state index in [1.807, 2.05) is 60.8 Å². The first-order chi connectivity index (χ1) is 13.7. The van der Waals surface area contributed by atoms with Crippen LogP contribution in [0.3, 0.4) is 0 Å². The van der Waals surface area contributed by atoms with Crippen LogP contribution in [0.1, 0.15) is 34.5 Å². The van der Waals surface area contributed by atoms with Crippen molar-refractivity contribution in [2.45, 2.75) is 11.8 Å².